The molecular formula is C21H18ClF3N4O2S. The molecule has 0 saturated heterocycles. The topological polar surface area (TPSA) is 95.8 Å². The molecular weight excluding hydrogens is 465 g/mol. The van der Waals surface area contributed by atoms with E-state index in [0.29, 0.717) is 23.2 Å². The molecule has 0 radical (unpaired) electrons. The molecule has 168 valence electrons. The zero-order chi connectivity index (χ0) is 23.5. The van der Waals surface area contributed by atoms with Crippen LogP contribution in [0, 0.1) is 11.7 Å². The Morgan fingerprint density at radius 2 is 1.81 bits per heavy atom. The molecule has 6 nitrogen and oxygen atoms in total. The Labute approximate surface area is 187 Å². The van der Waals surface area contributed by atoms with Crippen molar-refractivity contribution in [3.8, 4) is 0 Å². The smallest absolute Gasteiger partial charge is 0.352 e. The van der Waals surface area contributed by atoms with Crippen LogP contribution >= 0.6 is 11.6 Å². The van der Waals surface area contributed by atoms with Gasteiger partial charge in [-0.2, -0.15) is 18.3 Å². The molecule has 3 aromatic rings. The standard InChI is InChI=1S/C21H18ClF3N4O2S/c1-13-11-18(19(30)27-10-9-14-5-7-16(22)8-6-14)20(29-28-13)32(26,31)17-4-2-3-15(12-17)21(23,24)25/h2-8,11-12,26H,9-10H2,1H3,(H,27,30)/t32-/m0/s1. The van der Waals surface area contributed by atoms with Crippen molar-refractivity contribution < 1.29 is 22.2 Å². The third-order valence-electron chi connectivity index (χ3n) is 4.50. The molecule has 0 aliphatic rings. The molecule has 3 rings (SSSR count). The van der Waals surface area contributed by atoms with E-state index in [1.807, 2.05) is 12.1 Å². The van der Waals surface area contributed by atoms with E-state index >= 15 is 0 Å². The average molecular weight is 483 g/mol. The predicted molar refractivity (Wildman–Crippen MR) is 113 cm³/mol. The van der Waals surface area contributed by atoms with E-state index in [1.54, 1.807) is 19.1 Å². The van der Waals surface area contributed by atoms with Gasteiger partial charge in [-0.25, -0.2) is 8.99 Å². The monoisotopic (exact) mass is 482 g/mol. The van der Waals surface area contributed by atoms with Gasteiger partial charge < -0.3 is 5.32 Å². The average Bonchev–Trinajstić information content (AvgIpc) is 2.74. The van der Waals surface area contributed by atoms with Crippen molar-refractivity contribution in [2.45, 2.75) is 29.4 Å². The number of nitrogens with zero attached hydrogens (tertiary/aromatic N) is 2. The van der Waals surface area contributed by atoms with Gasteiger partial charge in [0.15, 0.2) is 5.03 Å². The minimum atomic E-state index is -4.67. The SMILES string of the molecule is Cc1cc(C(=O)NCCc2ccc(Cl)cc2)c([S@@](=N)(=O)c2cccc(C(F)(F)F)c2)nn1. The molecule has 2 N–H and O–H groups in total. The lowest BCUT2D eigenvalue weighted by Crippen LogP contribution is -2.28. The van der Waals surface area contributed by atoms with Crippen LogP contribution in [0.1, 0.15) is 27.2 Å². The highest BCUT2D eigenvalue weighted by atomic mass is 35.5. The molecule has 1 atom stereocenters. The highest BCUT2D eigenvalue weighted by molar-refractivity contribution is 7.92. The van der Waals surface area contributed by atoms with Gasteiger partial charge in [0.2, 0.25) is 0 Å². The van der Waals surface area contributed by atoms with Gasteiger partial charge in [-0.05, 0) is 55.3 Å². The first-order valence-electron chi connectivity index (χ1n) is 9.31. The van der Waals surface area contributed by atoms with E-state index in [0.717, 1.165) is 23.8 Å². The summed E-state index contributed by atoms with van der Waals surface area (Å²) >= 11 is 5.85. The maximum atomic E-state index is 13.2. The lowest BCUT2D eigenvalue weighted by molar-refractivity contribution is -0.137. The summed E-state index contributed by atoms with van der Waals surface area (Å²) in [5, 5.41) is 10.3. The molecule has 0 unspecified atom stereocenters. The Kier molecular flexibility index (Phi) is 6.85. The largest absolute Gasteiger partial charge is 0.416 e. The number of hydrogen-bond donors (Lipinski definition) is 2. The van der Waals surface area contributed by atoms with Gasteiger partial charge in [0.1, 0.15) is 9.73 Å². The summed E-state index contributed by atoms with van der Waals surface area (Å²) in [7, 11) is -4.05. The maximum Gasteiger partial charge on any atom is 0.416 e. The number of aromatic nitrogens is 2. The Balaban J connectivity index is 1.88. The fourth-order valence-corrected chi connectivity index (χ4v) is 4.41. The van der Waals surface area contributed by atoms with Crippen molar-refractivity contribution in [3.05, 3.63) is 82.0 Å². The van der Waals surface area contributed by atoms with E-state index in [-0.39, 0.29) is 12.1 Å². The highest BCUT2D eigenvalue weighted by Gasteiger charge is 2.32. The fourth-order valence-electron chi connectivity index (χ4n) is 2.88. The van der Waals surface area contributed by atoms with Crippen LogP contribution in [0.2, 0.25) is 5.02 Å². The Morgan fingerprint density at radius 3 is 2.47 bits per heavy atom. The van der Waals surface area contributed by atoms with Crippen molar-refractivity contribution >= 4 is 27.2 Å². The first-order chi connectivity index (χ1) is 15.0. The lowest BCUT2D eigenvalue weighted by atomic mass is 10.1. The van der Waals surface area contributed by atoms with Crippen LogP contribution in [-0.4, -0.2) is 26.9 Å². The molecule has 2 aromatic carbocycles. The van der Waals surface area contributed by atoms with E-state index in [2.05, 4.69) is 15.5 Å². The van der Waals surface area contributed by atoms with Crippen LogP contribution in [0.4, 0.5) is 13.2 Å². The van der Waals surface area contributed by atoms with Crippen LogP contribution in [-0.2, 0) is 22.3 Å². The molecule has 0 bridgehead atoms. The normalized spacial score (nSPS) is 13.4. The zero-order valence-corrected chi connectivity index (χ0v) is 18.3. The number of benzene rings is 2. The first kappa shape index (κ1) is 23.7. The molecule has 0 aliphatic carbocycles. The van der Waals surface area contributed by atoms with Crippen LogP contribution in [0.25, 0.3) is 0 Å². The van der Waals surface area contributed by atoms with Gasteiger partial charge in [-0.3, -0.25) is 4.79 Å². The van der Waals surface area contributed by atoms with E-state index in [4.69, 9.17) is 16.4 Å². The fraction of sp³-hybridized carbons (Fsp3) is 0.190. The number of nitrogens with one attached hydrogen (secondary N) is 2. The van der Waals surface area contributed by atoms with Crippen LogP contribution in [0.3, 0.4) is 0 Å². The van der Waals surface area contributed by atoms with Gasteiger partial charge in [-0.15, -0.1) is 5.10 Å². The van der Waals surface area contributed by atoms with Crippen LogP contribution < -0.4 is 5.32 Å². The molecule has 1 aromatic heterocycles. The van der Waals surface area contributed by atoms with Crippen molar-refractivity contribution in [1.82, 2.24) is 15.5 Å². The molecule has 11 heteroatoms. The molecule has 0 aliphatic heterocycles. The zero-order valence-electron chi connectivity index (χ0n) is 16.7. The number of hydrogen-bond acceptors (Lipinski definition) is 5. The van der Waals surface area contributed by atoms with Crippen molar-refractivity contribution in [3.63, 3.8) is 0 Å². The molecule has 0 saturated carbocycles. The third-order valence-corrected chi connectivity index (χ3v) is 6.52. The molecule has 32 heavy (non-hydrogen) atoms. The number of halogens is 4. The summed E-state index contributed by atoms with van der Waals surface area (Å²) in [6.45, 7) is 1.78. The number of aryl methyl sites for hydroxylation is 1. The van der Waals surface area contributed by atoms with Gasteiger partial charge in [-0.1, -0.05) is 29.8 Å². The second-order valence-corrected chi connectivity index (χ2v) is 9.33. The minimum absolute atomic E-state index is 0.175. The summed E-state index contributed by atoms with van der Waals surface area (Å²) in [6, 6.07) is 12.0. The number of alkyl halides is 3. The van der Waals surface area contributed by atoms with Gasteiger partial charge >= 0.3 is 6.18 Å². The maximum absolute atomic E-state index is 13.2. The van der Waals surface area contributed by atoms with Gasteiger partial charge in [0.25, 0.3) is 5.91 Å². The second-order valence-electron chi connectivity index (χ2n) is 6.92. The lowest BCUT2D eigenvalue weighted by Gasteiger charge is -2.14. The quantitative estimate of drug-likeness (QED) is 0.522. The first-order valence-corrected chi connectivity index (χ1v) is 11.2. The number of amides is 1. The summed E-state index contributed by atoms with van der Waals surface area (Å²) in [5.41, 5.74) is 0.0260. The summed E-state index contributed by atoms with van der Waals surface area (Å²) in [6.07, 6.45) is -4.19. The number of carbonyl (C=O) groups is 1. The van der Waals surface area contributed by atoms with Crippen molar-refractivity contribution in [2.75, 3.05) is 6.54 Å². The Bertz CT molecular complexity index is 1250. The van der Waals surface area contributed by atoms with E-state index in [1.165, 1.54) is 6.07 Å². The number of carbonyl (C=O) groups excluding carboxylic acids is 1. The van der Waals surface area contributed by atoms with Gasteiger partial charge in [0, 0.05) is 11.6 Å². The molecule has 1 heterocycles. The van der Waals surface area contributed by atoms with Crippen molar-refractivity contribution in [2.24, 2.45) is 0 Å². The molecule has 1 amide bonds. The highest BCUT2D eigenvalue weighted by Crippen LogP contribution is 2.32. The van der Waals surface area contributed by atoms with E-state index < -0.39 is 37.3 Å². The Morgan fingerprint density at radius 1 is 1.12 bits per heavy atom. The van der Waals surface area contributed by atoms with Gasteiger partial charge in [0.05, 0.1) is 21.7 Å². The Hall–Kier alpha value is -2.98. The number of rotatable bonds is 6. The molecule has 0 fully saturated rings. The van der Waals surface area contributed by atoms with Crippen LogP contribution in [0.5, 0.6) is 0 Å². The molecule has 0 spiro atoms. The predicted octanol–water partition coefficient (Wildman–Crippen LogP) is 4.89. The third kappa shape index (κ3) is 5.43. The minimum Gasteiger partial charge on any atom is -0.352 e. The van der Waals surface area contributed by atoms with Crippen LogP contribution in [0.15, 0.2) is 64.5 Å². The summed E-state index contributed by atoms with van der Waals surface area (Å²) in [4.78, 5) is 12.4. The van der Waals surface area contributed by atoms with E-state index in [9.17, 15) is 22.2 Å². The second kappa shape index (κ2) is 9.25. The van der Waals surface area contributed by atoms with Crippen molar-refractivity contribution in [1.29, 1.82) is 4.78 Å². The summed E-state index contributed by atoms with van der Waals surface area (Å²) in [5.74, 6) is -0.654. The summed E-state index contributed by atoms with van der Waals surface area (Å²) < 4.78 is 60.7.